The molecule has 13 heavy (non-hydrogen) atoms. The van der Waals surface area contributed by atoms with Crippen LogP contribution in [0.25, 0.3) is 0 Å². The minimum atomic E-state index is -0.477. The van der Waals surface area contributed by atoms with E-state index in [1.165, 1.54) is 0 Å². The summed E-state index contributed by atoms with van der Waals surface area (Å²) in [5.41, 5.74) is 0. The van der Waals surface area contributed by atoms with Crippen molar-refractivity contribution in [2.75, 3.05) is 0 Å². The smallest absolute Gasteiger partial charge is 0.123 e. The van der Waals surface area contributed by atoms with Crippen molar-refractivity contribution in [1.82, 2.24) is 0 Å². The van der Waals surface area contributed by atoms with Gasteiger partial charge in [-0.05, 0) is 38.8 Å². The Labute approximate surface area is 92.8 Å². The van der Waals surface area contributed by atoms with Gasteiger partial charge in [-0.25, -0.2) is 0 Å². The van der Waals surface area contributed by atoms with E-state index >= 15 is 0 Å². The molecule has 0 saturated carbocycles. The fourth-order valence-corrected chi connectivity index (χ4v) is 3.46. The van der Waals surface area contributed by atoms with Crippen LogP contribution in [0.5, 0.6) is 0 Å². The quantitative estimate of drug-likeness (QED) is 0.887. The molecule has 0 amide bonds. The highest BCUT2D eigenvalue weighted by Crippen LogP contribution is 2.34. The largest absolute Gasteiger partial charge is 0.382 e. The van der Waals surface area contributed by atoms with Crippen LogP contribution in [0.3, 0.4) is 0 Å². The lowest BCUT2D eigenvalue weighted by Gasteiger charge is -2.05. The van der Waals surface area contributed by atoms with Gasteiger partial charge < -0.3 is 5.11 Å². The van der Waals surface area contributed by atoms with Gasteiger partial charge >= 0.3 is 0 Å². The maximum atomic E-state index is 9.94. The Bertz CT molecular complexity index is 380. The van der Waals surface area contributed by atoms with E-state index in [2.05, 4.69) is 15.9 Å². The lowest BCUT2D eigenvalue weighted by atomic mass is 10.2. The Morgan fingerprint density at radius 1 is 1.23 bits per heavy atom. The summed E-state index contributed by atoms with van der Waals surface area (Å²) in [4.78, 5) is 1.96. The number of hydrogen-bond donors (Lipinski definition) is 1. The second-order valence-corrected chi connectivity index (χ2v) is 5.33. The van der Waals surface area contributed by atoms with Crippen LogP contribution in [-0.2, 0) is 0 Å². The molecule has 0 aliphatic rings. The van der Waals surface area contributed by atoms with Crippen molar-refractivity contribution in [3.8, 4) is 0 Å². The summed E-state index contributed by atoms with van der Waals surface area (Å²) in [6, 6.07) is 5.85. The summed E-state index contributed by atoms with van der Waals surface area (Å²) < 4.78 is 0.985. The van der Waals surface area contributed by atoms with Gasteiger partial charge in [0.1, 0.15) is 6.10 Å². The maximum absolute atomic E-state index is 9.94. The molecule has 1 atom stereocenters. The van der Waals surface area contributed by atoms with Gasteiger partial charge in [0.15, 0.2) is 0 Å². The van der Waals surface area contributed by atoms with E-state index in [-0.39, 0.29) is 0 Å². The summed E-state index contributed by atoms with van der Waals surface area (Å²) in [6.45, 7) is 0. The number of rotatable bonds is 2. The summed E-state index contributed by atoms with van der Waals surface area (Å²) in [7, 11) is 0. The zero-order chi connectivity index (χ0) is 9.26. The van der Waals surface area contributed by atoms with Crippen LogP contribution in [0.1, 0.15) is 15.9 Å². The highest BCUT2D eigenvalue weighted by atomic mass is 79.9. The SMILES string of the molecule is OC(c1cccs1)c1sccc1Br. The van der Waals surface area contributed by atoms with E-state index in [0.717, 1.165) is 14.2 Å². The Balaban J connectivity index is 2.33. The Hall–Kier alpha value is -0.160. The first-order valence-corrected chi connectivity index (χ1v) is 6.28. The molecule has 1 N–H and O–H groups in total. The zero-order valence-corrected chi connectivity index (χ0v) is 9.82. The summed E-state index contributed by atoms with van der Waals surface area (Å²) in [5.74, 6) is 0. The van der Waals surface area contributed by atoms with E-state index in [1.807, 2.05) is 29.0 Å². The first-order chi connectivity index (χ1) is 6.29. The molecule has 0 spiro atoms. The molecule has 0 saturated heterocycles. The normalized spacial score (nSPS) is 13.1. The zero-order valence-electron chi connectivity index (χ0n) is 6.61. The van der Waals surface area contributed by atoms with Gasteiger partial charge in [-0.3, -0.25) is 0 Å². The van der Waals surface area contributed by atoms with Crippen LogP contribution in [0.15, 0.2) is 33.4 Å². The molecule has 2 aromatic heterocycles. The van der Waals surface area contributed by atoms with Crippen molar-refractivity contribution in [2.24, 2.45) is 0 Å². The summed E-state index contributed by atoms with van der Waals surface area (Å²) in [6.07, 6.45) is -0.477. The van der Waals surface area contributed by atoms with Crippen molar-refractivity contribution in [2.45, 2.75) is 6.10 Å². The second kappa shape index (κ2) is 3.92. The van der Waals surface area contributed by atoms with E-state index in [1.54, 1.807) is 22.7 Å². The highest BCUT2D eigenvalue weighted by Gasteiger charge is 2.15. The average Bonchev–Trinajstić information content (AvgIpc) is 2.72. The number of halogens is 1. The van der Waals surface area contributed by atoms with Gasteiger partial charge in [-0.15, -0.1) is 22.7 Å². The molecule has 0 radical (unpaired) electrons. The standard InChI is InChI=1S/C9H7BrOS2/c10-6-3-5-13-9(6)8(11)7-2-1-4-12-7/h1-5,8,11H. The van der Waals surface area contributed by atoms with Gasteiger partial charge in [0.05, 0.1) is 4.88 Å². The van der Waals surface area contributed by atoms with Gasteiger partial charge in [0.25, 0.3) is 0 Å². The Morgan fingerprint density at radius 2 is 2.08 bits per heavy atom. The monoisotopic (exact) mass is 274 g/mol. The third-order valence-electron chi connectivity index (χ3n) is 1.71. The first-order valence-electron chi connectivity index (χ1n) is 3.73. The summed E-state index contributed by atoms with van der Waals surface area (Å²) in [5, 5.41) is 13.9. The number of hydrogen-bond acceptors (Lipinski definition) is 3. The minimum absolute atomic E-state index is 0.477. The van der Waals surface area contributed by atoms with Crippen LogP contribution >= 0.6 is 38.6 Å². The van der Waals surface area contributed by atoms with E-state index in [9.17, 15) is 5.11 Å². The molecule has 2 heterocycles. The minimum Gasteiger partial charge on any atom is -0.382 e. The van der Waals surface area contributed by atoms with Crippen molar-refractivity contribution >= 4 is 38.6 Å². The van der Waals surface area contributed by atoms with Crippen molar-refractivity contribution in [3.05, 3.63) is 43.2 Å². The van der Waals surface area contributed by atoms with Gasteiger partial charge in [0.2, 0.25) is 0 Å². The molecular formula is C9H7BrOS2. The van der Waals surface area contributed by atoms with Gasteiger partial charge in [-0.1, -0.05) is 6.07 Å². The predicted molar refractivity (Wildman–Crippen MR) is 60.4 cm³/mol. The van der Waals surface area contributed by atoms with Crippen molar-refractivity contribution in [1.29, 1.82) is 0 Å². The molecule has 0 fully saturated rings. The number of aliphatic hydroxyl groups is 1. The molecule has 1 unspecified atom stereocenters. The van der Waals surface area contributed by atoms with E-state index < -0.39 is 6.10 Å². The van der Waals surface area contributed by atoms with Crippen molar-refractivity contribution in [3.63, 3.8) is 0 Å². The van der Waals surface area contributed by atoms with E-state index in [0.29, 0.717) is 0 Å². The lowest BCUT2D eigenvalue weighted by molar-refractivity contribution is 0.227. The van der Waals surface area contributed by atoms with Gasteiger partial charge in [0, 0.05) is 9.35 Å². The number of aliphatic hydroxyl groups excluding tert-OH is 1. The van der Waals surface area contributed by atoms with Crippen LogP contribution in [0, 0.1) is 0 Å². The lowest BCUT2D eigenvalue weighted by Crippen LogP contribution is -1.93. The second-order valence-electron chi connectivity index (χ2n) is 2.55. The third kappa shape index (κ3) is 1.86. The Kier molecular flexibility index (Phi) is 2.83. The summed E-state index contributed by atoms with van der Waals surface area (Å²) >= 11 is 6.55. The maximum Gasteiger partial charge on any atom is 0.123 e. The molecule has 4 heteroatoms. The molecule has 1 nitrogen and oxygen atoms in total. The molecular weight excluding hydrogens is 268 g/mol. The molecule has 0 aromatic carbocycles. The predicted octanol–water partition coefficient (Wildman–Crippen LogP) is 3.65. The molecule has 0 bridgehead atoms. The molecule has 2 rings (SSSR count). The topological polar surface area (TPSA) is 20.2 Å². The Morgan fingerprint density at radius 3 is 2.62 bits per heavy atom. The molecule has 2 aromatic rings. The molecule has 68 valence electrons. The fourth-order valence-electron chi connectivity index (χ4n) is 1.08. The van der Waals surface area contributed by atoms with Crippen LogP contribution < -0.4 is 0 Å². The molecule has 0 aliphatic carbocycles. The first kappa shape index (κ1) is 9.40. The van der Waals surface area contributed by atoms with Gasteiger partial charge in [-0.2, -0.15) is 0 Å². The fraction of sp³-hybridized carbons (Fsp3) is 0.111. The average molecular weight is 275 g/mol. The molecule has 0 aliphatic heterocycles. The number of thiophene rings is 2. The van der Waals surface area contributed by atoms with E-state index in [4.69, 9.17) is 0 Å². The van der Waals surface area contributed by atoms with Crippen LogP contribution in [0.2, 0.25) is 0 Å². The van der Waals surface area contributed by atoms with Crippen LogP contribution in [-0.4, -0.2) is 5.11 Å². The third-order valence-corrected chi connectivity index (χ3v) is 4.55. The van der Waals surface area contributed by atoms with Crippen molar-refractivity contribution < 1.29 is 5.11 Å². The highest BCUT2D eigenvalue weighted by molar-refractivity contribution is 9.10. The van der Waals surface area contributed by atoms with Crippen LogP contribution in [0.4, 0.5) is 0 Å².